The average molecular weight is 274 g/mol. The number of rotatable bonds is 5. The molecule has 0 saturated heterocycles. The van der Waals surface area contributed by atoms with Crippen molar-refractivity contribution >= 4 is 18.7 Å². The number of fused-ring (bicyclic) bond motifs is 1. The Balaban J connectivity index is 2.04. The van der Waals surface area contributed by atoms with Gasteiger partial charge in [0.05, 0.1) is 6.42 Å². The molecule has 1 heterocycles. The van der Waals surface area contributed by atoms with Gasteiger partial charge in [-0.25, -0.2) is 0 Å². The van der Waals surface area contributed by atoms with Crippen LogP contribution in [0.5, 0.6) is 5.75 Å². The lowest BCUT2D eigenvalue weighted by atomic mass is 9.64. The van der Waals surface area contributed by atoms with Crippen molar-refractivity contribution in [3.63, 3.8) is 0 Å². The minimum atomic E-state index is -0.982. The molecule has 20 heavy (non-hydrogen) atoms. The molecule has 106 valence electrons. The third kappa shape index (κ3) is 3.28. The van der Waals surface area contributed by atoms with Crippen LogP contribution in [0.3, 0.4) is 0 Å². The van der Waals surface area contributed by atoms with Crippen LogP contribution < -0.4 is 4.65 Å². The van der Waals surface area contributed by atoms with Gasteiger partial charge in [-0.15, -0.1) is 0 Å². The van der Waals surface area contributed by atoms with Crippen molar-refractivity contribution in [2.24, 2.45) is 0 Å². The molecule has 0 spiro atoms. The van der Waals surface area contributed by atoms with E-state index in [1.807, 2.05) is 25.1 Å². The van der Waals surface area contributed by atoms with Crippen LogP contribution in [0.25, 0.3) is 0 Å². The third-order valence-corrected chi connectivity index (χ3v) is 3.70. The molecule has 0 bridgehead atoms. The minimum Gasteiger partial charge on any atom is -0.536 e. The molecule has 0 unspecified atom stereocenters. The Kier molecular flexibility index (Phi) is 4.60. The van der Waals surface area contributed by atoms with Gasteiger partial charge in [0, 0.05) is 18.7 Å². The summed E-state index contributed by atoms with van der Waals surface area (Å²) < 4.78 is 5.53. The standard InChI is InChI=1S/C15H19BO4/c1-3-13(17)9-14(18)8-12-7-11-6-4-5-10(2)15(11)20-16(12)19/h4-6,12,19H,3,7-9H2,1-2H3/t12-/m1/s1. The minimum absolute atomic E-state index is 0.0413. The average Bonchev–Trinajstić information content (AvgIpc) is 2.40. The normalized spacial score (nSPS) is 17.4. The fourth-order valence-electron chi connectivity index (χ4n) is 2.53. The third-order valence-electron chi connectivity index (χ3n) is 3.70. The molecule has 2 rings (SSSR count). The first-order chi connectivity index (χ1) is 9.51. The molecule has 0 amide bonds. The van der Waals surface area contributed by atoms with Gasteiger partial charge < -0.3 is 9.68 Å². The van der Waals surface area contributed by atoms with E-state index < -0.39 is 7.12 Å². The summed E-state index contributed by atoms with van der Waals surface area (Å²) in [6.45, 7) is 3.67. The Morgan fingerprint density at radius 2 is 2.15 bits per heavy atom. The van der Waals surface area contributed by atoms with Crippen LogP contribution in [0.4, 0.5) is 0 Å². The fraction of sp³-hybridized carbons (Fsp3) is 0.467. The van der Waals surface area contributed by atoms with Crippen LogP contribution in [0.2, 0.25) is 5.82 Å². The second-order valence-corrected chi connectivity index (χ2v) is 5.35. The Hall–Kier alpha value is -1.62. The van der Waals surface area contributed by atoms with Crippen molar-refractivity contribution in [3.05, 3.63) is 29.3 Å². The molecule has 0 aliphatic carbocycles. The molecule has 0 aromatic heterocycles. The maximum atomic E-state index is 11.8. The Bertz CT molecular complexity index is 527. The smallest absolute Gasteiger partial charge is 0.526 e. The second-order valence-electron chi connectivity index (χ2n) is 5.35. The number of carbonyl (C=O) groups is 2. The van der Waals surface area contributed by atoms with Crippen LogP contribution in [-0.2, 0) is 16.0 Å². The molecule has 4 nitrogen and oxygen atoms in total. The predicted octanol–water partition coefficient (Wildman–Crippen LogP) is 2.11. The van der Waals surface area contributed by atoms with Crippen molar-refractivity contribution < 1.29 is 19.3 Å². The summed E-state index contributed by atoms with van der Waals surface area (Å²) in [5.74, 6) is 0.257. The van der Waals surface area contributed by atoms with Crippen molar-refractivity contribution in [1.82, 2.24) is 0 Å². The van der Waals surface area contributed by atoms with Gasteiger partial charge in [-0.05, 0) is 24.5 Å². The molecule has 0 radical (unpaired) electrons. The van der Waals surface area contributed by atoms with Crippen LogP contribution in [0.15, 0.2) is 18.2 Å². The number of hydrogen-bond donors (Lipinski definition) is 1. The van der Waals surface area contributed by atoms with E-state index in [9.17, 15) is 14.6 Å². The summed E-state index contributed by atoms with van der Waals surface area (Å²) in [6, 6.07) is 5.81. The fourth-order valence-corrected chi connectivity index (χ4v) is 2.53. The van der Waals surface area contributed by atoms with E-state index in [-0.39, 0.29) is 30.2 Å². The number of aryl methyl sites for hydroxylation is 1. The van der Waals surface area contributed by atoms with Crippen LogP contribution >= 0.6 is 0 Å². The van der Waals surface area contributed by atoms with Gasteiger partial charge in [-0.1, -0.05) is 25.1 Å². The summed E-state index contributed by atoms with van der Waals surface area (Å²) in [5.41, 5.74) is 1.99. The number of para-hydroxylation sites is 1. The van der Waals surface area contributed by atoms with Crippen molar-refractivity contribution in [1.29, 1.82) is 0 Å². The molecule has 1 N–H and O–H groups in total. The van der Waals surface area contributed by atoms with Crippen LogP contribution in [-0.4, -0.2) is 23.7 Å². The van der Waals surface area contributed by atoms with Gasteiger partial charge in [-0.2, -0.15) is 0 Å². The van der Waals surface area contributed by atoms with E-state index in [1.165, 1.54) is 0 Å². The van der Waals surface area contributed by atoms with E-state index >= 15 is 0 Å². The molecule has 1 atom stereocenters. The molecule has 1 aliphatic rings. The van der Waals surface area contributed by atoms with Crippen molar-refractivity contribution in [2.75, 3.05) is 0 Å². The molecule has 0 saturated carbocycles. The van der Waals surface area contributed by atoms with Crippen LogP contribution in [0.1, 0.15) is 37.3 Å². The lowest BCUT2D eigenvalue weighted by Crippen LogP contribution is -2.35. The Morgan fingerprint density at radius 1 is 1.40 bits per heavy atom. The maximum Gasteiger partial charge on any atom is 0.526 e. The number of carbonyl (C=O) groups excluding carboxylic acids is 2. The van der Waals surface area contributed by atoms with E-state index in [1.54, 1.807) is 6.92 Å². The summed E-state index contributed by atoms with van der Waals surface area (Å²) >= 11 is 0. The monoisotopic (exact) mass is 274 g/mol. The van der Waals surface area contributed by atoms with E-state index in [2.05, 4.69) is 0 Å². The lowest BCUT2D eigenvalue weighted by molar-refractivity contribution is -0.126. The van der Waals surface area contributed by atoms with Gasteiger partial charge >= 0.3 is 7.12 Å². The molecule has 5 heteroatoms. The lowest BCUT2D eigenvalue weighted by Gasteiger charge is -2.28. The van der Waals surface area contributed by atoms with Crippen LogP contribution in [0, 0.1) is 6.92 Å². The molecule has 1 aromatic carbocycles. The maximum absolute atomic E-state index is 11.8. The predicted molar refractivity (Wildman–Crippen MR) is 76.8 cm³/mol. The molecule has 1 aliphatic heterocycles. The summed E-state index contributed by atoms with van der Waals surface area (Å²) in [5, 5.41) is 10.0. The van der Waals surface area contributed by atoms with E-state index in [0.29, 0.717) is 18.6 Å². The van der Waals surface area contributed by atoms with Gasteiger partial charge in [0.1, 0.15) is 17.3 Å². The van der Waals surface area contributed by atoms with E-state index in [0.717, 1.165) is 11.1 Å². The van der Waals surface area contributed by atoms with Gasteiger partial charge in [0.15, 0.2) is 0 Å². The number of benzene rings is 1. The molecule has 1 aromatic rings. The van der Waals surface area contributed by atoms with Gasteiger partial charge in [-0.3, -0.25) is 9.59 Å². The first-order valence-electron chi connectivity index (χ1n) is 6.97. The zero-order valence-electron chi connectivity index (χ0n) is 11.9. The summed E-state index contributed by atoms with van der Waals surface area (Å²) in [6.07, 6.45) is 1.11. The Morgan fingerprint density at radius 3 is 2.85 bits per heavy atom. The molecular weight excluding hydrogens is 255 g/mol. The first kappa shape index (κ1) is 14.8. The van der Waals surface area contributed by atoms with E-state index in [4.69, 9.17) is 4.65 Å². The van der Waals surface area contributed by atoms with Gasteiger partial charge in [0.25, 0.3) is 0 Å². The van der Waals surface area contributed by atoms with Crippen molar-refractivity contribution in [2.45, 2.75) is 45.3 Å². The highest BCUT2D eigenvalue weighted by molar-refractivity contribution is 6.46. The Labute approximate surface area is 119 Å². The number of ketones is 2. The molecular formula is C15H19BO4. The molecule has 0 fully saturated rings. The van der Waals surface area contributed by atoms with Gasteiger partial charge in [0.2, 0.25) is 0 Å². The number of hydrogen-bond acceptors (Lipinski definition) is 4. The highest BCUT2D eigenvalue weighted by Crippen LogP contribution is 2.35. The summed E-state index contributed by atoms with van der Waals surface area (Å²) in [4.78, 5) is 23.1. The topological polar surface area (TPSA) is 63.6 Å². The SMILES string of the molecule is CCC(=O)CC(=O)C[C@H]1Cc2cccc(C)c2OB1O. The highest BCUT2D eigenvalue weighted by Gasteiger charge is 2.36. The second kappa shape index (κ2) is 6.22. The zero-order chi connectivity index (χ0) is 14.7. The first-order valence-corrected chi connectivity index (χ1v) is 6.97. The quantitative estimate of drug-likeness (QED) is 0.659. The number of Topliss-reactive ketones (excluding diaryl/α,β-unsaturated/α-hetero) is 2. The summed E-state index contributed by atoms with van der Waals surface area (Å²) in [7, 11) is -0.982. The highest BCUT2D eigenvalue weighted by atomic mass is 16.5. The largest absolute Gasteiger partial charge is 0.536 e. The van der Waals surface area contributed by atoms with Crippen molar-refractivity contribution in [3.8, 4) is 5.75 Å². The zero-order valence-corrected chi connectivity index (χ0v) is 11.9.